The average Bonchev–Trinajstić information content (AvgIpc) is 1.68. The maximum Gasteiger partial charge on any atom is 0.153 e. The van der Waals surface area contributed by atoms with Crippen LogP contribution in [0.5, 0.6) is 0 Å². The quantitative estimate of drug-likeness (QED) is 0.354. The van der Waals surface area contributed by atoms with Crippen molar-refractivity contribution < 1.29 is 4.84 Å². The molecule has 0 saturated heterocycles. The molecule has 0 aromatic heterocycles. The van der Waals surface area contributed by atoms with Gasteiger partial charge in [0, 0.05) is 0 Å². The molecule has 0 aromatic carbocycles. The molecule has 3 nitrogen and oxygen atoms in total. The van der Waals surface area contributed by atoms with E-state index in [1.54, 1.807) is 13.0 Å². The van der Waals surface area contributed by atoms with Crippen LogP contribution in [0.3, 0.4) is 0 Å². The lowest BCUT2D eigenvalue weighted by molar-refractivity contribution is 0.214. The van der Waals surface area contributed by atoms with E-state index in [0.29, 0.717) is 5.71 Å². The first kappa shape index (κ1) is 5.96. The molecule has 0 N–H and O–H groups in total. The number of rotatable bonds is 1. The molecule has 0 spiro atoms. The first-order valence-corrected chi connectivity index (χ1v) is 1.79. The van der Waals surface area contributed by atoms with Gasteiger partial charge >= 0.3 is 0 Å². The summed E-state index contributed by atoms with van der Waals surface area (Å²) in [5, 5.41) is 11.3. The van der Waals surface area contributed by atoms with Crippen LogP contribution in [0.25, 0.3) is 0 Å². The Kier molecular flexibility index (Phi) is 2.69. The van der Waals surface area contributed by atoms with E-state index in [-0.39, 0.29) is 0 Å². The number of hydrogen-bond acceptors (Lipinski definition) is 3. The average molecular weight is 98.1 g/mol. The fourth-order valence-electron chi connectivity index (χ4n) is 0.157. The number of nitriles is 1. The van der Waals surface area contributed by atoms with Gasteiger partial charge in [0.25, 0.3) is 0 Å². The van der Waals surface area contributed by atoms with Gasteiger partial charge in [-0.3, -0.25) is 0 Å². The van der Waals surface area contributed by atoms with E-state index in [1.807, 2.05) is 0 Å². The van der Waals surface area contributed by atoms with Crippen molar-refractivity contribution in [3.05, 3.63) is 0 Å². The van der Waals surface area contributed by atoms with E-state index in [4.69, 9.17) is 5.26 Å². The summed E-state index contributed by atoms with van der Waals surface area (Å²) in [5.74, 6) is 0. The van der Waals surface area contributed by atoms with Crippen molar-refractivity contribution >= 4 is 5.71 Å². The third-order valence-corrected chi connectivity index (χ3v) is 0.390. The molecule has 0 unspecified atom stereocenters. The van der Waals surface area contributed by atoms with Crippen LogP contribution in [0.2, 0.25) is 0 Å². The van der Waals surface area contributed by atoms with E-state index >= 15 is 0 Å². The first-order valence-electron chi connectivity index (χ1n) is 1.79. The summed E-state index contributed by atoms with van der Waals surface area (Å²) in [6.07, 6.45) is 0. The van der Waals surface area contributed by atoms with Gasteiger partial charge in [-0.1, -0.05) is 5.16 Å². The summed E-state index contributed by atoms with van der Waals surface area (Å²) in [4.78, 5) is 4.26. The van der Waals surface area contributed by atoms with Crippen LogP contribution in [0.1, 0.15) is 6.92 Å². The highest BCUT2D eigenvalue weighted by molar-refractivity contribution is 5.95. The Labute approximate surface area is 42.2 Å². The van der Waals surface area contributed by atoms with Gasteiger partial charge < -0.3 is 4.84 Å². The second-order valence-electron chi connectivity index (χ2n) is 0.971. The van der Waals surface area contributed by atoms with Crippen molar-refractivity contribution in [3.63, 3.8) is 0 Å². The molecule has 0 aromatic rings. The summed E-state index contributed by atoms with van der Waals surface area (Å²) in [6, 6.07) is 1.79. The van der Waals surface area contributed by atoms with Crippen molar-refractivity contribution in [1.82, 2.24) is 0 Å². The van der Waals surface area contributed by atoms with Crippen LogP contribution < -0.4 is 0 Å². The Bertz CT molecular complexity index is 111. The Morgan fingerprint density at radius 1 is 1.86 bits per heavy atom. The predicted octanol–water partition coefficient (Wildman–Crippen LogP) is 0.532. The molecular weight excluding hydrogens is 92.1 g/mol. The topological polar surface area (TPSA) is 45.4 Å². The van der Waals surface area contributed by atoms with Gasteiger partial charge in [-0.2, -0.15) is 5.26 Å². The van der Waals surface area contributed by atoms with Gasteiger partial charge in [-0.25, -0.2) is 0 Å². The van der Waals surface area contributed by atoms with Crippen LogP contribution in [-0.2, 0) is 4.84 Å². The van der Waals surface area contributed by atoms with Crippen LogP contribution in [0.4, 0.5) is 0 Å². The van der Waals surface area contributed by atoms with Crippen LogP contribution in [0, 0.1) is 11.3 Å². The maximum absolute atomic E-state index is 8.01. The van der Waals surface area contributed by atoms with Crippen molar-refractivity contribution in [3.8, 4) is 6.07 Å². The Balaban J connectivity index is 3.57. The predicted molar refractivity (Wildman–Crippen MR) is 25.7 cm³/mol. The minimum Gasteiger partial charge on any atom is -0.398 e. The molecule has 0 bridgehead atoms. The van der Waals surface area contributed by atoms with Crippen molar-refractivity contribution in [2.75, 3.05) is 7.11 Å². The molecule has 0 atom stereocenters. The van der Waals surface area contributed by atoms with Gasteiger partial charge in [-0.15, -0.1) is 0 Å². The zero-order valence-corrected chi connectivity index (χ0v) is 4.30. The molecule has 7 heavy (non-hydrogen) atoms. The molecule has 0 heterocycles. The van der Waals surface area contributed by atoms with Crippen LogP contribution >= 0.6 is 0 Å². The summed E-state index contributed by atoms with van der Waals surface area (Å²) in [5.41, 5.74) is 0.336. The molecule has 3 heteroatoms. The van der Waals surface area contributed by atoms with Gasteiger partial charge in [0.2, 0.25) is 0 Å². The molecule has 0 aliphatic carbocycles. The molecule has 0 fully saturated rings. The largest absolute Gasteiger partial charge is 0.398 e. The van der Waals surface area contributed by atoms with Gasteiger partial charge in [0.1, 0.15) is 13.2 Å². The molecule has 0 aliphatic rings. The van der Waals surface area contributed by atoms with Gasteiger partial charge in [-0.05, 0) is 6.92 Å². The van der Waals surface area contributed by atoms with E-state index < -0.39 is 0 Å². The smallest absolute Gasteiger partial charge is 0.153 e. The second kappa shape index (κ2) is 3.16. The monoisotopic (exact) mass is 98.0 g/mol. The van der Waals surface area contributed by atoms with E-state index in [2.05, 4.69) is 9.99 Å². The van der Waals surface area contributed by atoms with Crippen molar-refractivity contribution in [1.29, 1.82) is 5.26 Å². The lowest BCUT2D eigenvalue weighted by Crippen LogP contribution is -1.83. The molecule has 0 saturated carbocycles. The molecule has 0 aliphatic heterocycles. The molecule has 0 rings (SSSR count). The van der Waals surface area contributed by atoms with E-state index in [9.17, 15) is 0 Å². The fourth-order valence-corrected chi connectivity index (χ4v) is 0.157. The molecule has 38 valence electrons. The summed E-state index contributed by atoms with van der Waals surface area (Å²) >= 11 is 0. The Morgan fingerprint density at radius 2 is 2.43 bits per heavy atom. The van der Waals surface area contributed by atoms with Crippen LogP contribution in [0.15, 0.2) is 5.16 Å². The molecule has 0 radical (unpaired) electrons. The third-order valence-electron chi connectivity index (χ3n) is 0.390. The second-order valence-corrected chi connectivity index (χ2v) is 0.971. The van der Waals surface area contributed by atoms with Crippen molar-refractivity contribution in [2.24, 2.45) is 5.16 Å². The lowest BCUT2D eigenvalue weighted by atomic mass is 10.5. The molecular formula is C4H6N2O. The minimum absolute atomic E-state index is 0.336. The summed E-state index contributed by atoms with van der Waals surface area (Å²) in [7, 11) is 1.40. The summed E-state index contributed by atoms with van der Waals surface area (Å²) in [6.45, 7) is 1.57. The minimum atomic E-state index is 0.336. The SMILES string of the molecule is CO/N=C(/C)C#N. The molecule has 0 amide bonds. The van der Waals surface area contributed by atoms with E-state index in [1.165, 1.54) is 7.11 Å². The van der Waals surface area contributed by atoms with Crippen LogP contribution in [-0.4, -0.2) is 12.8 Å². The normalized spacial score (nSPS) is 10.1. The van der Waals surface area contributed by atoms with E-state index in [0.717, 1.165) is 0 Å². The highest BCUT2D eigenvalue weighted by atomic mass is 16.6. The summed E-state index contributed by atoms with van der Waals surface area (Å²) < 4.78 is 0. The van der Waals surface area contributed by atoms with Gasteiger partial charge in [0.15, 0.2) is 5.71 Å². The standard InChI is InChI=1S/C4H6N2O/c1-4(3-5)6-7-2/h1-2H3/b6-4-. The maximum atomic E-state index is 8.01. The lowest BCUT2D eigenvalue weighted by Gasteiger charge is -1.81. The number of hydrogen-bond donors (Lipinski definition) is 0. The highest BCUT2D eigenvalue weighted by Gasteiger charge is 1.79. The fraction of sp³-hybridized carbons (Fsp3) is 0.500. The zero-order chi connectivity index (χ0) is 5.70. The highest BCUT2D eigenvalue weighted by Crippen LogP contribution is 1.71. The third kappa shape index (κ3) is 2.77. The number of oxime groups is 1. The first-order chi connectivity index (χ1) is 3.31. The van der Waals surface area contributed by atoms with Gasteiger partial charge in [0.05, 0.1) is 0 Å². The number of nitrogens with zero attached hydrogens (tertiary/aromatic N) is 2. The Morgan fingerprint density at radius 3 is 2.57 bits per heavy atom. The van der Waals surface area contributed by atoms with Crippen molar-refractivity contribution in [2.45, 2.75) is 6.92 Å². The Hall–Kier alpha value is -1.04. The zero-order valence-electron chi connectivity index (χ0n) is 4.30.